The Morgan fingerprint density at radius 1 is 1.21 bits per heavy atom. The van der Waals surface area contributed by atoms with E-state index in [1.54, 1.807) is 36.5 Å². The van der Waals surface area contributed by atoms with Crippen LogP contribution in [0.4, 0.5) is 22.0 Å². The lowest BCUT2D eigenvalue weighted by Crippen LogP contribution is -2.06. The average molecular weight is 276 g/mol. The summed E-state index contributed by atoms with van der Waals surface area (Å²) in [5, 5.41) is 10.9. The maximum atomic E-state index is 10.5. The monoisotopic (exact) mass is 276 g/mol. The van der Waals surface area contributed by atoms with E-state index in [0.29, 0.717) is 17.2 Å². The Bertz CT molecular complexity index is 601. The quantitative estimate of drug-likeness (QED) is 0.684. The molecule has 6 N–H and O–H groups in total. The number of pyridine rings is 1. The maximum absolute atomic E-state index is 10.5. The first-order chi connectivity index (χ1) is 9.06. The summed E-state index contributed by atoms with van der Waals surface area (Å²) < 4.78 is 0. The van der Waals surface area contributed by atoms with Crippen molar-refractivity contribution < 1.29 is 9.90 Å². The molecule has 0 saturated heterocycles. The average Bonchev–Trinajstić information content (AvgIpc) is 2.37. The van der Waals surface area contributed by atoms with Crippen LogP contribution in [0.1, 0.15) is 0 Å². The Morgan fingerprint density at radius 2 is 1.89 bits per heavy atom. The van der Waals surface area contributed by atoms with E-state index in [1.807, 2.05) is 0 Å². The van der Waals surface area contributed by atoms with Crippen molar-refractivity contribution >= 4 is 35.0 Å². The van der Waals surface area contributed by atoms with E-state index in [4.69, 9.17) is 16.6 Å². The first kappa shape index (κ1) is 13.0. The van der Waals surface area contributed by atoms with Gasteiger partial charge in [-0.2, -0.15) is 0 Å². The number of benzene rings is 1. The fourth-order valence-electron chi connectivity index (χ4n) is 1.42. The zero-order valence-electron chi connectivity index (χ0n) is 9.83. The summed E-state index contributed by atoms with van der Waals surface area (Å²) in [6.45, 7) is 0. The first-order valence-electron chi connectivity index (χ1n) is 5.34. The Balaban J connectivity index is 2.15. The number of nitrogen functional groups attached to an aromatic ring is 2. The van der Waals surface area contributed by atoms with Crippen LogP contribution in [0.2, 0.25) is 0 Å². The highest BCUT2D eigenvalue weighted by atomic mass is 32.2. The van der Waals surface area contributed by atoms with E-state index in [0.717, 1.165) is 9.79 Å². The minimum absolute atomic E-state index is 0.300. The fraction of sp³-hybridized carbons (Fsp3) is 0. The van der Waals surface area contributed by atoms with Crippen molar-refractivity contribution in [3.63, 3.8) is 0 Å². The van der Waals surface area contributed by atoms with Crippen molar-refractivity contribution in [3.05, 3.63) is 36.5 Å². The summed E-state index contributed by atoms with van der Waals surface area (Å²) in [6, 6.07) is 8.73. The molecule has 0 radical (unpaired) electrons. The van der Waals surface area contributed by atoms with Gasteiger partial charge in [0.15, 0.2) is 0 Å². The van der Waals surface area contributed by atoms with Gasteiger partial charge in [0.1, 0.15) is 5.82 Å². The maximum Gasteiger partial charge on any atom is 0.409 e. The second-order valence-electron chi connectivity index (χ2n) is 3.66. The number of amides is 1. The molecule has 2 aromatic rings. The number of aromatic nitrogens is 1. The highest BCUT2D eigenvalue weighted by molar-refractivity contribution is 7.99. The van der Waals surface area contributed by atoms with Gasteiger partial charge in [-0.3, -0.25) is 5.32 Å². The molecule has 1 aromatic carbocycles. The topological polar surface area (TPSA) is 114 Å². The zero-order chi connectivity index (χ0) is 13.8. The van der Waals surface area contributed by atoms with Crippen molar-refractivity contribution in [2.24, 2.45) is 0 Å². The van der Waals surface area contributed by atoms with Crippen LogP contribution in [0.3, 0.4) is 0 Å². The van der Waals surface area contributed by atoms with Crippen LogP contribution in [0.5, 0.6) is 0 Å². The summed E-state index contributed by atoms with van der Waals surface area (Å²) in [4.78, 5) is 16.1. The molecule has 7 heteroatoms. The van der Waals surface area contributed by atoms with E-state index < -0.39 is 6.09 Å². The van der Waals surface area contributed by atoms with Gasteiger partial charge in [0.25, 0.3) is 0 Å². The summed E-state index contributed by atoms with van der Waals surface area (Å²) in [5.41, 5.74) is 12.4. The predicted octanol–water partition coefficient (Wildman–Crippen LogP) is 2.49. The highest BCUT2D eigenvalue weighted by Crippen LogP contribution is 2.34. The van der Waals surface area contributed by atoms with Crippen LogP contribution in [0, 0.1) is 0 Å². The van der Waals surface area contributed by atoms with Gasteiger partial charge < -0.3 is 16.6 Å². The molecule has 0 bridgehead atoms. The molecular weight excluding hydrogens is 264 g/mol. The Kier molecular flexibility index (Phi) is 3.76. The molecule has 1 heterocycles. The van der Waals surface area contributed by atoms with Gasteiger partial charge >= 0.3 is 6.09 Å². The zero-order valence-corrected chi connectivity index (χ0v) is 10.6. The Morgan fingerprint density at radius 3 is 2.53 bits per heavy atom. The molecular formula is C12H12N4O2S. The molecule has 0 spiro atoms. The van der Waals surface area contributed by atoms with Crippen molar-refractivity contribution in [3.8, 4) is 0 Å². The molecule has 0 unspecified atom stereocenters. The molecule has 1 aromatic heterocycles. The van der Waals surface area contributed by atoms with Crippen LogP contribution >= 0.6 is 11.8 Å². The van der Waals surface area contributed by atoms with Crippen molar-refractivity contribution in [1.82, 2.24) is 4.98 Å². The van der Waals surface area contributed by atoms with Gasteiger partial charge in [-0.1, -0.05) is 11.8 Å². The second kappa shape index (κ2) is 5.49. The number of nitrogens with one attached hydrogen (secondary N) is 1. The summed E-state index contributed by atoms with van der Waals surface area (Å²) in [5.74, 6) is 0.300. The number of rotatable bonds is 3. The standard InChI is InChI=1S/C12H12N4O2S/c13-10-9(5-6-15-11(10)14)19-8-3-1-7(2-4-8)16-12(17)18/h1-6,16H,13H2,(H2,14,15)(H,17,18). The molecule has 19 heavy (non-hydrogen) atoms. The number of nitrogens with two attached hydrogens (primary N) is 2. The van der Waals surface area contributed by atoms with Gasteiger partial charge in [0.05, 0.1) is 5.69 Å². The number of carboxylic acid groups (broad SMARTS) is 1. The highest BCUT2D eigenvalue weighted by Gasteiger charge is 2.05. The van der Waals surface area contributed by atoms with Gasteiger partial charge in [0.2, 0.25) is 0 Å². The predicted molar refractivity (Wildman–Crippen MR) is 75.3 cm³/mol. The van der Waals surface area contributed by atoms with Crippen LogP contribution < -0.4 is 16.8 Å². The third kappa shape index (κ3) is 3.29. The van der Waals surface area contributed by atoms with Crippen LogP contribution in [-0.2, 0) is 0 Å². The van der Waals surface area contributed by atoms with Crippen LogP contribution in [0.15, 0.2) is 46.3 Å². The normalized spacial score (nSPS) is 10.1. The van der Waals surface area contributed by atoms with Gasteiger partial charge in [-0.05, 0) is 30.3 Å². The lowest BCUT2D eigenvalue weighted by atomic mass is 10.3. The molecule has 0 fully saturated rings. The van der Waals surface area contributed by atoms with E-state index in [9.17, 15) is 4.79 Å². The molecule has 0 aliphatic heterocycles. The summed E-state index contributed by atoms with van der Waals surface area (Å²) in [6.07, 6.45) is 0.500. The number of carbonyl (C=O) groups is 1. The lowest BCUT2D eigenvalue weighted by molar-refractivity contribution is 0.210. The molecule has 0 atom stereocenters. The van der Waals surface area contributed by atoms with E-state index in [2.05, 4.69) is 10.3 Å². The SMILES string of the molecule is Nc1nccc(Sc2ccc(NC(=O)O)cc2)c1N. The lowest BCUT2D eigenvalue weighted by Gasteiger charge is -2.07. The molecule has 98 valence electrons. The minimum Gasteiger partial charge on any atom is -0.465 e. The summed E-state index contributed by atoms with van der Waals surface area (Å²) in [7, 11) is 0. The number of hydrogen-bond donors (Lipinski definition) is 4. The van der Waals surface area contributed by atoms with Crippen molar-refractivity contribution in [1.29, 1.82) is 0 Å². The van der Waals surface area contributed by atoms with Crippen molar-refractivity contribution in [2.75, 3.05) is 16.8 Å². The third-order valence-electron chi connectivity index (χ3n) is 2.31. The van der Waals surface area contributed by atoms with E-state index in [-0.39, 0.29) is 0 Å². The van der Waals surface area contributed by atoms with E-state index >= 15 is 0 Å². The van der Waals surface area contributed by atoms with E-state index in [1.165, 1.54) is 11.8 Å². The Hall–Kier alpha value is -2.41. The van der Waals surface area contributed by atoms with Crippen LogP contribution in [-0.4, -0.2) is 16.2 Å². The number of hydrogen-bond acceptors (Lipinski definition) is 5. The van der Waals surface area contributed by atoms with Gasteiger partial charge in [0, 0.05) is 21.7 Å². The molecule has 6 nitrogen and oxygen atoms in total. The smallest absolute Gasteiger partial charge is 0.409 e. The first-order valence-corrected chi connectivity index (χ1v) is 6.16. The van der Waals surface area contributed by atoms with Crippen molar-refractivity contribution in [2.45, 2.75) is 9.79 Å². The largest absolute Gasteiger partial charge is 0.465 e. The second-order valence-corrected chi connectivity index (χ2v) is 4.78. The molecule has 0 aliphatic carbocycles. The Labute approximate surface area is 113 Å². The summed E-state index contributed by atoms with van der Waals surface area (Å²) >= 11 is 1.44. The number of anilines is 3. The molecule has 0 saturated carbocycles. The fourth-order valence-corrected chi connectivity index (χ4v) is 2.29. The number of nitrogens with zero attached hydrogens (tertiary/aromatic N) is 1. The third-order valence-corrected chi connectivity index (χ3v) is 3.40. The minimum atomic E-state index is -1.09. The molecule has 2 rings (SSSR count). The van der Waals surface area contributed by atoms with Crippen LogP contribution in [0.25, 0.3) is 0 Å². The molecule has 1 amide bonds. The van der Waals surface area contributed by atoms with Gasteiger partial charge in [-0.25, -0.2) is 9.78 Å². The van der Waals surface area contributed by atoms with Gasteiger partial charge in [-0.15, -0.1) is 0 Å². The molecule has 0 aliphatic rings.